The van der Waals surface area contributed by atoms with Gasteiger partial charge in [0.15, 0.2) is 0 Å². The van der Waals surface area contributed by atoms with Crippen LogP contribution in [0, 0.1) is 13.8 Å². The second-order valence-electron chi connectivity index (χ2n) is 5.29. The molecule has 4 heteroatoms. The lowest BCUT2D eigenvalue weighted by Gasteiger charge is -2.13. The summed E-state index contributed by atoms with van der Waals surface area (Å²) in [5.74, 6) is 1.60. The molecule has 4 nitrogen and oxygen atoms in total. The molecule has 1 aromatic carbocycles. The maximum Gasteiger partial charge on any atom is 0.231 e. The SMILES string of the molecule is Cc1cc(C(O)c2ccc3c(c2)CC(=O)N3C)c(C)o1. The Bertz CT molecular complexity index is 687. The Kier molecular flexibility index (Phi) is 2.91. The number of hydrogen-bond acceptors (Lipinski definition) is 3. The number of furan rings is 1. The summed E-state index contributed by atoms with van der Waals surface area (Å²) in [6, 6.07) is 7.51. The molecular formula is C16H17NO3. The molecule has 0 aliphatic carbocycles. The summed E-state index contributed by atoms with van der Waals surface area (Å²) in [5, 5.41) is 10.5. The number of aryl methyl sites for hydroxylation is 2. The molecule has 20 heavy (non-hydrogen) atoms. The highest BCUT2D eigenvalue weighted by Gasteiger charge is 2.25. The van der Waals surface area contributed by atoms with Crippen LogP contribution in [-0.4, -0.2) is 18.1 Å². The molecule has 1 amide bonds. The first-order valence-electron chi connectivity index (χ1n) is 6.61. The molecule has 1 aromatic heterocycles. The van der Waals surface area contributed by atoms with Gasteiger partial charge in [-0.2, -0.15) is 0 Å². The van der Waals surface area contributed by atoms with E-state index in [2.05, 4.69) is 0 Å². The van der Waals surface area contributed by atoms with Gasteiger partial charge >= 0.3 is 0 Å². The van der Waals surface area contributed by atoms with Gasteiger partial charge in [-0.25, -0.2) is 0 Å². The molecule has 2 heterocycles. The van der Waals surface area contributed by atoms with E-state index < -0.39 is 6.10 Å². The highest BCUT2D eigenvalue weighted by Crippen LogP contribution is 2.33. The van der Waals surface area contributed by atoms with E-state index >= 15 is 0 Å². The monoisotopic (exact) mass is 271 g/mol. The Labute approximate surface area is 117 Å². The smallest absolute Gasteiger partial charge is 0.231 e. The van der Waals surface area contributed by atoms with Crippen molar-refractivity contribution in [3.05, 3.63) is 52.5 Å². The van der Waals surface area contributed by atoms with E-state index in [1.807, 2.05) is 38.1 Å². The standard InChI is InChI=1S/C16H17NO3/c1-9-6-13(10(2)20-9)16(19)11-4-5-14-12(7-11)8-15(18)17(14)3/h4-7,16,19H,8H2,1-3H3. The van der Waals surface area contributed by atoms with Crippen molar-refractivity contribution in [2.45, 2.75) is 26.4 Å². The van der Waals surface area contributed by atoms with Crippen molar-refractivity contribution in [3.8, 4) is 0 Å². The van der Waals surface area contributed by atoms with E-state index in [0.29, 0.717) is 6.42 Å². The van der Waals surface area contributed by atoms with E-state index in [1.165, 1.54) is 0 Å². The van der Waals surface area contributed by atoms with Crippen LogP contribution in [0.3, 0.4) is 0 Å². The van der Waals surface area contributed by atoms with Gasteiger partial charge in [0, 0.05) is 18.3 Å². The van der Waals surface area contributed by atoms with Crippen molar-refractivity contribution in [2.24, 2.45) is 0 Å². The fourth-order valence-electron chi connectivity index (χ4n) is 2.76. The van der Waals surface area contributed by atoms with E-state index in [4.69, 9.17) is 4.42 Å². The number of carbonyl (C=O) groups excluding carboxylic acids is 1. The van der Waals surface area contributed by atoms with Gasteiger partial charge in [-0.3, -0.25) is 4.79 Å². The van der Waals surface area contributed by atoms with E-state index in [0.717, 1.165) is 33.9 Å². The van der Waals surface area contributed by atoms with Crippen LogP contribution >= 0.6 is 0 Å². The first-order chi connectivity index (χ1) is 9.47. The Morgan fingerprint density at radius 1 is 1.30 bits per heavy atom. The van der Waals surface area contributed by atoms with E-state index in [-0.39, 0.29) is 5.91 Å². The zero-order valence-corrected chi connectivity index (χ0v) is 11.8. The van der Waals surface area contributed by atoms with Crippen LogP contribution < -0.4 is 4.90 Å². The molecule has 104 valence electrons. The molecule has 0 radical (unpaired) electrons. The molecule has 1 atom stereocenters. The molecule has 0 saturated carbocycles. The molecule has 1 N–H and O–H groups in total. The molecule has 1 unspecified atom stereocenters. The van der Waals surface area contributed by atoms with Crippen LogP contribution in [0.2, 0.25) is 0 Å². The summed E-state index contributed by atoms with van der Waals surface area (Å²) in [6.07, 6.45) is -0.325. The van der Waals surface area contributed by atoms with Crippen molar-refractivity contribution in [2.75, 3.05) is 11.9 Å². The third kappa shape index (κ3) is 1.93. The maximum atomic E-state index is 11.7. The number of amides is 1. The Balaban J connectivity index is 1.98. The molecule has 0 spiro atoms. The minimum atomic E-state index is -0.723. The summed E-state index contributed by atoms with van der Waals surface area (Å²) >= 11 is 0. The fraction of sp³-hybridized carbons (Fsp3) is 0.312. The minimum Gasteiger partial charge on any atom is -0.466 e. The van der Waals surface area contributed by atoms with Crippen molar-refractivity contribution in [1.29, 1.82) is 0 Å². The van der Waals surface area contributed by atoms with Gasteiger partial charge in [-0.05, 0) is 37.1 Å². The third-order valence-electron chi connectivity index (χ3n) is 3.87. The fourth-order valence-corrected chi connectivity index (χ4v) is 2.76. The molecule has 1 aliphatic heterocycles. The normalized spacial score (nSPS) is 15.6. The zero-order chi connectivity index (χ0) is 14.4. The predicted molar refractivity (Wildman–Crippen MR) is 75.8 cm³/mol. The summed E-state index contributed by atoms with van der Waals surface area (Å²) in [5.41, 5.74) is 3.45. The average Bonchev–Trinajstić information content (AvgIpc) is 2.89. The lowest BCUT2D eigenvalue weighted by molar-refractivity contribution is -0.117. The quantitative estimate of drug-likeness (QED) is 0.913. The summed E-state index contributed by atoms with van der Waals surface area (Å²) in [6.45, 7) is 3.70. The van der Waals surface area contributed by atoms with E-state index in [9.17, 15) is 9.90 Å². The van der Waals surface area contributed by atoms with Crippen molar-refractivity contribution >= 4 is 11.6 Å². The van der Waals surface area contributed by atoms with Gasteiger partial charge in [0.1, 0.15) is 17.6 Å². The minimum absolute atomic E-state index is 0.0852. The predicted octanol–water partition coefficient (Wildman–Crippen LogP) is 2.50. The molecule has 0 saturated heterocycles. The largest absolute Gasteiger partial charge is 0.466 e. The molecule has 3 rings (SSSR count). The van der Waals surface area contributed by atoms with Crippen LogP contribution in [-0.2, 0) is 11.2 Å². The summed E-state index contributed by atoms with van der Waals surface area (Å²) in [7, 11) is 1.77. The lowest BCUT2D eigenvalue weighted by Crippen LogP contribution is -2.20. The Morgan fingerprint density at radius 3 is 2.70 bits per heavy atom. The number of aliphatic hydroxyl groups excluding tert-OH is 1. The third-order valence-corrected chi connectivity index (χ3v) is 3.87. The van der Waals surface area contributed by atoms with E-state index in [1.54, 1.807) is 11.9 Å². The van der Waals surface area contributed by atoms with Crippen LogP contribution in [0.5, 0.6) is 0 Å². The van der Waals surface area contributed by atoms with Gasteiger partial charge in [0.05, 0.1) is 6.42 Å². The number of hydrogen-bond donors (Lipinski definition) is 1. The lowest BCUT2D eigenvalue weighted by atomic mass is 9.99. The number of likely N-dealkylation sites (N-methyl/N-ethyl adjacent to an activating group) is 1. The molecule has 0 bridgehead atoms. The number of fused-ring (bicyclic) bond motifs is 1. The topological polar surface area (TPSA) is 53.7 Å². The number of aliphatic hydroxyl groups is 1. The van der Waals surface area contributed by atoms with Gasteiger partial charge in [0.25, 0.3) is 0 Å². The van der Waals surface area contributed by atoms with Gasteiger partial charge in [-0.15, -0.1) is 0 Å². The van der Waals surface area contributed by atoms with Crippen LogP contribution in [0.25, 0.3) is 0 Å². The summed E-state index contributed by atoms with van der Waals surface area (Å²) in [4.78, 5) is 13.3. The Hall–Kier alpha value is -2.07. The Morgan fingerprint density at radius 2 is 2.05 bits per heavy atom. The van der Waals surface area contributed by atoms with Crippen LogP contribution in [0.15, 0.2) is 28.7 Å². The zero-order valence-electron chi connectivity index (χ0n) is 11.8. The van der Waals surface area contributed by atoms with Crippen molar-refractivity contribution in [1.82, 2.24) is 0 Å². The second kappa shape index (κ2) is 4.49. The number of carbonyl (C=O) groups is 1. The highest BCUT2D eigenvalue weighted by atomic mass is 16.3. The first kappa shape index (κ1) is 12.9. The summed E-state index contributed by atoms with van der Waals surface area (Å²) < 4.78 is 5.46. The van der Waals surface area contributed by atoms with Crippen LogP contribution in [0.4, 0.5) is 5.69 Å². The van der Waals surface area contributed by atoms with Gasteiger partial charge in [-0.1, -0.05) is 12.1 Å². The highest BCUT2D eigenvalue weighted by molar-refractivity contribution is 6.00. The van der Waals surface area contributed by atoms with Crippen LogP contribution in [0.1, 0.15) is 34.3 Å². The molecule has 0 fully saturated rings. The molecule has 2 aromatic rings. The molecule has 1 aliphatic rings. The second-order valence-corrected chi connectivity index (χ2v) is 5.29. The number of anilines is 1. The first-order valence-corrected chi connectivity index (χ1v) is 6.61. The molecular weight excluding hydrogens is 254 g/mol. The number of benzene rings is 1. The van der Waals surface area contributed by atoms with Gasteiger partial charge in [0.2, 0.25) is 5.91 Å². The van der Waals surface area contributed by atoms with Crippen molar-refractivity contribution in [3.63, 3.8) is 0 Å². The average molecular weight is 271 g/mol. The van der Waals surface area contributed by atoms with Crippen molar-refractivity contribution < 1.29 is 14.3 Å². The number of nitrogens with zero attached hydrogens (tertiary/aromatic N) is 1. The number of rotatable bonds is 2. The van der Waals surface area contributed by atoms with Gasteiger partial charge < -0.3 is 14.4 Å². The maximum absolute atomic E-state index is 11.7.